The van der Waals surface area contributed by atoms with Crippen LogP contribution in [0.25, 0.3) is 0 Å². The molecule has 0 atom stereocenters. The molecule has 4 rings (SSSR count). The van der Waals surface area contributed by atoms with E-state index in [2.05, 4.69) is 77.9 Å². The topological polar surface area (TPSA) is 46.8 Å². The van der Waals surface area contributed by atoms with Crippen molar-refractivity contribution in [1.29, 1.82) is 0 Å². The van der Waals surface area contributed by atoms with Gasteiger partial charge in [0.1, 0.15) is 0 Å². The van der Waals surface area contributed by atoms with Crippen molar-refractivity contribution < 1.29 is 13.2 Å². The van der Waals surface area contributed by atoms with Gasteiger partial charge in [-0.15, -0.1) is 0 Å². The highest BCUT2D eigenvalue weighted by Gasteiger charge is 2.30. The Balaban J connectivity index is 1.60. The smallest absolute Gasteiger partial charge is 0.339 e. The van der Waals surface area contributed by atoms with Crippen molar-refractivity contribution in [3.05, 3.63) is 106 Å². The third-order valence-electron chi connectivity index (χ3n) is 6.15. The Kier molecular flexibility index (Phi) is 7.19. The van der Waals surface area contributed by atoms with E-state index in [0.717, 1.165) is 25.0 Å². The van der Waals surface area contributed by atoms with Crippen LogP contribution in [0.15, 0.2) is 72.8 Å². The van der Waals surface area contributed by atoms with Gasteiger partial charge in [-0.05, 0) is 65.9 Å². The Morgan fingerprint density at radius 2 is 1.40 bits per heavy atom. The van der Waals surface area contributed by atoms with Crippen LogP contribution in [0.2, 0.25) is 0 Å². The summed E-state index contributed by atoms with van der Waals surface area (Å²) in [6, 6.07) is 22.2. The van der Waals surface area contributed by atoms with Crippen molar-refractivity contribution in [2.24, 2.45) is 0 Å². The van der Waals surface area contributed by atoms with Crippen LogP contribution in [-0.4, -0.2) is 33.3 Å². The molecule has 0 saturated carbocycles. The lowest BCUT2D eigenvalue weighted by Crippen LogP contribution is -2.37. The van der Waals surface area contributed by atoms with Crippen LogP contribution >= 0.6 is 0 Å². The molecular formula is C27H28F3N5. The Hall–Kier alpha value is -3.68. The summed E-state index contributed by atoms with van der Waals surface area (Å²) in [4.78, 5) is 2.02. The second kappa shape index (κ2) is 10.3. The van der Waals surface area contributed by atoms with Gasteiger partial charge in [-0.25, -0.2) is 4.68 Å². The van der Waals surface area contributed by atoms with E-state index in [4.69, 9.17) is 0 Å². The summed E-state index contributed by atoms with van der Waals surface area (Å²) in [6.45, 7) is 4.25. The molecule has 0 aliphatic carbocycles. The molecule has 5 nitrogen and oxygen atoms in total. The van der Waals surface area contributed by atoms with E-state index in [1.807, 2.05) is 11.9 Å². The van der Waals surface area contributed by atoms with Crippen LogP contribution in [0.1, 0.15) is 33.4 Å². The molecule has 0 unspecified atom stereocenters. The monoisotopic (exact) mass is 479 g/mol. The van der Waals surface area contributed by atoms with E-state index in [-0.39, 0.29) is 12.6 Å². The van der Waals surface area contributed by atoms with Crippen LogP contribution in [0.3, 0.4) is 0 Å². The molecule has 0 N–H and O–H groups in total. The molecular weight excluding hydrogens is 451 g/mol. The van der Waals surface area contributed by atoms with E-state index in [1.54, 1.807) is 10.7 Å². The molecule has 0 aliphatic heterocycles. The average Bonchev–Trinajstić information content (AvgIpc) is 3.28. The number of anilines is 1. The third kappa shape index (κ3) is 6.26. The van der Waals surface area contributed by atoms with Gasteiger partial charge in [0, 0.05) is 13.1 Å². The fourth-order valence-electron chi connectivity index (χ4n) is 4.08. The SMILES string of the molecule is Cc1ccc(CC(Cc2ccc(C)cc2)N(C)c2nnnn2Cc2cccc(C(F)(F)F)c2)cc1. The van der Waals surface area contributed by atoms with Gasteiger partial charge in [-0.2, -0.15) is 13.2 Å². The van der Waals surface area contributed by atoms with Gasteiger partial charge in [0.2, 0.25) is 5.95 Å². The predicted molar refractivity (Wildman–Crippen MR) is 130 cm³/mol. The van der Waals surface area contributed by atoms with Crippen LogP contribution in [0, 0.1) is 13.8 Å². The summed E-state index contributed by atoms with van der Waals surface area (Å²) in [7, 11) is 1.93. The summed E-state index contributed by atoms with van der Waals surface area (Å²) < 4.78 is 41.1. The van der Waals surface area contributed by atoms with Crippen LogP contribution in [-0.2, 0) is 25.6 Å². The zero-order valence-electron chi connectivity index (χ0n) is 20.0. The fraction of sp³-hybridized carbons (Fsp3) is 0.296. The molecule has 35 heavy (non-hydrogen) atoms. The van der Waals surface area contributed by atoms with Gasteiger partial charge in [0.05, 0.1) is 12.1 Å². The lowest BCUT2D eigenvalue weighted by atomic mass is 9.97. The first-order valence-corrected chi connectivity index (χ1v) is 11.5. The number of aromatic nitrogens is 4. The van der Waals surface area contributed by atoms with E-state index in [0.29, 0.717) is 11.5 Å². The van der Waals surface area contributed by atoms with Gasteiger partial charge in [0.25, 0.3) is 0 Å². The first-order valence-electron chi connectivity index (χ1n) is 11.5. The number of hydrogen-bond donors (Lipinski definition) is 0. The second-order valence-corrected chi connectivity index (χ2v) is 8.98. The van der Waals surface area contributed by atoms with Gasteiger partial charge < -0.3 is 4.90 Å². The van der Waals surface area contributed by atoms with E-state index in [1.165, 1.54) is 28.3 Å². The molecule has 0 radical (unpaired) electrons. The molecule has 0 saturated heterocycles. The Morgan fingerprint density at radius 3 is 1.94 bits per heavy atom. The van der Waals surface area contributed by atoms with Crippen LogP contribution < -0.4 is 4.90 Å². The van der Waals surface area contributed by atoms with Crippen molar-refractivity contribution >= 4 is 5.95 Å². The molecule has 0 amide bonds. The number of rotatable bonds is 8. The van der Waals surface area contributed by atoms with Crippen LogP contribution in [0.5, 0.6) is 0 Å². The Labute approximate surface area is 203 Å². The van der Waals surface area contributed by atoms with E-state index < -0.39 is 11.7 Å². The van der Waals surface area contributed by atoms with Gasteiger partial charge in [-0.3, -0.25) is 0 Å². The van der Waals surface area contributed by atoms with Gasteiger partial charge in [-0.1, -0.05) is 76.9 Å². The maximum absolute atomic E-state index is 13.2. The summed E-state index contributed by atoms with van der Waals surface area (Å²) in [6.07, 6.45) is -2.87. The minimum Gasteiger partial charge on any atom is -0.339 e. The zero-order chi connectivity index (χ0) is 25.0. The van der Waals surface area contributed by atoms with Crippen LogP contribution in [0.4, 0.5) is 19.1 Å². The zero-order valence-corrected chi connectivity index (χ0v) is 20.0. The van der Waals surface area contributed by atoms with Crippen molar-refractivity contribution in [3.8, 4) is 0 Å². The minimum absolute atomic E-state index is 0.0340. The minimum atomic E-state index is -4.40. The maximum atomic E-state index is 13.2. The Morgan fingerprint density at radius 1 is 0.829 bits per heavy atom. The molecule has 1 aromatic heterocycles. The lowest BCUT2D eigenvalue weighted by Gasteiger charge is -2.29. The second-order valence-electron chi connectivity index (χ2n) is 8.98. The number of halogens is 3. The molecule has 182 valence electrons. The molecule has 3 aromatic carbocycles. The lowest BCUT2D eigenvalue weighted by molar-refractivity contribution is -0.137. The van der Waals surface area contributed by atoms with Gasteiger partial charge >= 0.3 is 6.18 Å². The molecule has 4 aromatic rings. The molecule has 0 aliphatic rings. The number of likely N-dealkylation sites (N-methyl/N-ethyl adjacent to an activating group) is 1. The van der Waals surface area contributed by atoms with Crippen molar-refractivity contribution in [3.63, 3.8) is 0 Å². The number of benzene rings is 3. The van der Waals surface area contributed by atoms with Crippen molar-refractivity contribution in [2.75, 3.05) is 11.9 Å². The predicted octanol–water partition coefficient (Wildman–Crippen LogP) is 5.65. The Bertz CT molecular complexity index is 1200. The maximum Gasteiger partial charge on any atom is 0.416 e. The number of aryl methyl sites for hydroxylation is 2. The van der Waals surface area contributed by atoms with E-state index in [9.17, 15) is 13.2 Å². The molecule has 0 bridgehead atoms. The highest BCUT2D eigenvalue weighted by Crippen LogP contribution is 2.30. The summed E-state index contributed by atoms with van der Waals surface area (Å²) in [5, 5.41) is 12.1. The number of nitrogens with zero attached hydrogens (tertiary/aromatic N) is 5. The highest BCUT2D eigenvalue weighted by molar-refractivity contribution is 5.35. The number of tetrazole rings is 1. The quantitative estimate of drug-likeness (QED) is 0.328. The average molecular weight is 480 g/mol. The highest BCUT2D eigenvalue weighted by atomic mass is 19.4. The standard InChI is InChI=1S/C27H28F3N5/c1-19-7-11-21(12-8-19)16-25(17-22-13-9-20(2)10-14-22)34(3)26-31-32-33-35(26)18-23-5-4-6-24(15-23)27(28,29)30/h4-15,25H,16-18H2,1-3H3. The third-order valence-corrected chi connectivity index (χ3v) is 6.15. The fourth-order valence-corrected chi connectivity index (χ4v) is 4.08. The normalized spacial score (nSPS) is 11.7. The van der Waals surface area contributed by atoms with Crippen molar-refractivity contribution in [2.45, 2.75) is 45.5 Å². The number of alkyl halides is 3. The summed E-state index contributed by atoms with van der Waals surface area (Å²) >= 11 is 0. The summed E-state index contributed by atoms with van der Waals surface area (Å²) in [5.74, 6) is 0.506. The van der Waals surface area contributed by atoms with Gasteiger partial charge in [0.15, 0.2) is 0 Å². The largest absolute Gasteiger partial charge is 0.416 e. The molecule has 0 spiro atoms. The van der Waals surface area contributed by atoms with E-state index >= 15 is 0 Å². The molecule has 1 heterocycles. The number of hydrogen-bond acceptors (Lipinski definition) is 4. The van der Waals surface area contributed by atoms with Crippen molar-refractivity contribution in [1.82, 2.24) is 20.2 Å². The molecule has 8 heteroatoms. The molecule has 0 fully saturated rings. The first-order chi connectivity index (χ1) is 16.7. The first kappa shape index (κ1) is 24.4. The summed E-state index contributed by atoms with van der Waals surface area (Å²) in [5.41, 5.74) is 4.57.